The number of hydrogen-bond donors (Lipinski definition) is 1. The van der Waals surface area contributed by atoms with Crippen molar-refractivity contribution < 1.29 is 14.3 Å². The number of carbonyl (C=O) groups is 1. The monoisotopic (exact) mass is 430 g/mol. The van der Waals surface area contributed by atoms with Crippen LogP contribution in [-0.4, -0.2) is 25.8 Å². The third kappa shape index (κ3) is 5.40. The van der Waals surface area contributed by atoms with E-state index in [1.165, 1.54) is 13.3 Å². The number of hydrogen-bond acceptors (Lipinski definition) is 4. The summed E-state index contributed by atoms with van der Waals surface area (Å²) in [6.45, 7) is -0.160. The lowest BCUT2D eigenvalue weighted by molar-refractivity contribution is -0.123. The van der Waals surface area contributed by atoms with Crippen LogP contribution in [0.1, 0.15) is 5.56 Å². The van der Waals surface area contributed by atoms with Crippen molar-refractivity contribution in [2.45, 2.75) is 0 Å². The molecular formula is C16H13BrCl2N2O3. The zero-order valence-corrected chi connectivity index (χ0v) is 15.7. The van der Waals surface area contributed by atoms with Crippen LogP contribution in [0.4, 0.5) is 0 Å². The van der Waals surface area contributed by atoms with Gasteiger partial charge in [0, 0.05) is 15.1 Å². The molecule has 2 aromatic rings. The van der Waals surface area contributed by atoms with Crippen LogP contribution in [0.3, 0.4) is 0 Å². The highest BCUT2D eigenvalue weighted by Gasteiger charge is 2.08. The molecule has 0 atom stereocenters. The first-order valence-electron chi connectivity index (χ1n) is 6.73. The van der Waals surface area contributed by atoms with Gasteiger partial charge >= 0.3 is 0 Å². The maximum Gasteiger partial charge on any atom is 0.277 e. The lowest BCUT2D eigenvalue weighted by Gasteiger charge is -2.07. The fourth-order valence-corrected chi connectivity index (χ4v) is 2.63. The van der Waals surface area contributed by atoms with Crippen LogP contribution in [0, 0.1) is 0 Å². The van der Waals surface area contributed by atoms with Gasteiger partial charge in [0.1, 0.15) is 11.5 Å². The minimum Gasteiger partial charge on any atom is -0.495 e. The van der Waals surface area contributed by atoms with Crippen molar-refractivity contribution in [3.8, 4) is 11.5 Å². The summed E-state index contributed by atoms with van der Waals surface area (Å²) >= 11 is 15.3. The molecule has 2 rings (SSSR count). The molecule has 0 saturated carbocycles. The summed E-state index contributed by atoms with van der Waals surface area (Å²) in [5.74, 6) is 0.604. The number of carbonyl (C=O) groups excluding carboxylic acids is 1. The van der Waals surface area contributed by atoms with Gasteiger partial charge in [-0.3, -0.25) is 4.79 Å². The van der Waals surface area contributed by atoms with E-state index >= 15 is 0 Å². The quantitative estimate of drug-likeness (QED) is 0.548. The lowest BCUT2D eigenvalue weighted by Crippen LogP contribution is -2.24. The third-order valence-electron chi connectivity index (χ3n) is 2.82. The van der Waals surface area contributed by atoms with Gasteiger partial charge in [-0.2, -0.15) is 5.10 Å². The fourth-order valence-electron chi connectivity index (χ4n) is 1.78. The van der Waals surface area contributed by atoms with Crippen LogP contribution in [0.2, 0.25) is 10.0 Å². The molecule has 0 unspecified atom stereocenters. The van der Waals surface area contributed by atoms with E-state index < -0.39 is 5.91 Å². The zero-order valence-electron chi connectivity index (χ0n) is 12.6. The van der Waals surface area contributed by atoms with Crippen molar-refractivity contribution in [1.29, 1.82) is 0 Å². The molecule has 0 aliphatic heterocycles. The Labute approximate surface area is 157 Å². The molecule has 5 nitrogen and oxygen atoms in total. The summed E-state index contributed by atoms with van der Waals surface area (Å²) in [6, 6.07) is 10.3. The summed E-state index contributed by atoms with van der Waals surface area (Å²) in [6.07, 6.45) is 1.40. The van der Waals surface area contributed by atoms with E-state index in [4.69, 9.17) is 32.7 Å². The van der Waals surface area contributed by atoms with Crippen LogP contribution < -0.4 is 14.9 Å². The molecule has 126 valence electrons. The summed E-state index contributed by atoms with van der Waals surface area (Å²) in [7, 11) is 1.48. The number of amides is 1. The van der Waals surface area contributed by atoms with Crippen molar-refractivity contribution in [1.82, 2.24) is 5.43 Å². The van der Waals surface area contributed by atoms with Crippen LogP contribution in [-0.2, 0) is 4.79 Å². The largest absolute Gasteiger partial charge is 0.495 e. The number of benzene rings is 2. The van der Waals surface area contributed by atoms with E-state index in [2.05, 4.69) is 26.5 Å². The maximum absolute atomic E-state index is 11.7. The molecule has 0 bridgehead atoms. The Morgan fingerprint density at radius 2 is 2.00 bits per heavy atom. The molecule has 1 amide bonds. The third-order valence-corrected chi connectivity index (χ3v) is 3.85. The molecule has 0 spiro atoms. The molecule has 2 aromatic carbocycles. The Morgan fingerprint density at radius 1 is 1.29 bits per heavy atom. The average Bonchev–Trinajstić information content (AvgIpc) is 2.54. The van der Waals surface area contributed by atoms with Gasteiger partial charge in [-0.25, -0.2) is 5.43 Å². The van der Waals surface area contributed by atoms with Gasteiger partial charge < -0.3 is 9.47 Å². The van der Waals surface area contributed by atoms with Crippen molar-refractivity contribution >= 4 is 51.3 Å². The fraction of sp³-hybridized carbons (Fsp3) is 0.125. The van der Waals surface area contributed by atoms with Crippen LogP contribution in [0.15, 0.2) is 46.0 Å². The highest BCUT2D eigenvalue weighted by molar-refractivity contribution is 9.10. The van der Waals surface area contributed by atoms with Gasteiger partial charge in [0.2, 0.25) is 0 Å². The van der Waals surface area contributed by atoms with Crippen LogP contribution >= 0.6 is 39.1 Å². The van der Waals surface area contributed by atoms with Gasteiger partial charge in [0.05, 0.1) is 18.3 Å². The van der Waals surface area contributed by atoms with Crippen molar-refractivity contribution in [3.05, 3.63) is 56.5 Å². The average molecular weight is 432 g/mol. The van der Waals surface area contributed by atoms with E-state index in [0.29, 0.717) is 27.1 Å². The number of halogens is 3. The topological polar surface area (TPSA) is 59.9 Å². The number of ether oxygens (including phenoxy) is 2. The Hall–Kier alpha value is -1.76. The molecule has 0 aliphatic carbocycles. The second kappa shape index (κ2) is 8.92. The summed E-state index contributed by atoms with van der Waals surface area (Å²) in [4.78, 5) is 11.7. The van der Waals surface area contributed by atoms with Crippen molar-refractivity contribution in [3.63, 3.8) is 0 Å². The maximum atomic E-state index is 11.7. The smallest absolute Gasteiger partial charge is 0.277 e. The summed E-state index contributed by atoms with van der Waals surface area (Å²) in [5.41, 5.74) is 2.90. The van der Waals surface area contributed by atoms with Crippen LogP contribution in [0.5, 0.6) is 11.5 Å². The summed E-state index contributed by atoms with van der Waals surface area (Å²) < 4.78 is 11.4. The number of nitrogens with zero attached hydrogens (tertiary/aromatic N) is 1. The van der Waals surface area contributed by atoms with E-state index in [1.807, 2.05) is 12.1 Å². The molecular weight excluding hydrogens is 419 g/mol. The molecule has 24 heavy (non-hydrogen) atoms. The van der Waals surface area contributed by atoms with Gasteiger partial charge in [-0.1, -0.05) is 39.1 Å². The minimum absolute atomic E-state index is 0.160. The zero-order chi connectivity index (χ0) is 17.5. The Morgan fingerprint density at radius 3 is 2.67 bits per heavy atom. The molecule has 8 heteroatoms. The summed E-state index contributed by atoms with van der Waals surface area (Å²) in [5, 5.41) is 4.64. The number of hydrazone groups is 1. The van der Waals surface area contributed by atoms with Gasteiger partial charge in [-0.05, 0) is 36.4 Å². The van der Waals surface area contributed by atoms with E-state index in [1.54, 1.807) is 24.3 Å². The predicted molar refractivity (Wildman–Crippen MR) is 98.4 cm³/mol. The molecule has 0 heterocycles. The molecule has 0 aromatic heterocycles. The normalized spacial score (nSPS) is 10.7. The Kier molecular flexibility index (Phi) is 6.90. The first-order chi connectivity index (χ1) is 11.5. The highest BCUT2D eigenvalue weighted by Crippen LogP contribution is 2.31. The second-order valence-electron chi connectivity index (χ2n) is 4.55. The first-order valence-corrected chi connectivity index (χ1v) is 8.28. The van der Waals surface area contributed by atoms with Crippen molar-refractivity contribution in [2.75, 3.05) is 13.7 Å². The molecule has 0 radical (unpaired) electrons. The van der Waals surface area contributed by atoms with E-state index in [9.17, 15) is 4.79 Å². The number of methoxy groups -OCH3 is 1. The second-order valence-corrected chi connectivity index (χ2v) is 6.31. The van der Waals surface area contributed by atoms with Gasteiger partial charge in [0.25, 0.3) is 5.91 Å². The lowest BCUT2D eigenvalue weighted by atomic mass is 10.2. The Bertz CT molecular complexity index is 752. The molecule has 0 saturated heterocycles. The first kappa shape index (κ1) is 18.6. The van der Waals surface area contributed by atoms with E-state index in [-0.39, 0.29) is 6.61 Å². The van der Waals surface area contributed by atoms with Gasteiger partial charge in [-0.15, -0.1) is 0 Å². The number of rotatable bonds is 6. The SMILES string of the molecule is COc1c(Cl)cc(Cl)cc1/C=N/NC(=O)COc1ccc(Br)cc1. The molecule has 0 fully saturated rings. The standard InChI is InChI=1S/C16H13BrCl2N2O3/c1-23-16-10(6-12(18)7-14(16)19)8-20-21-15(22)9-24-13-4-2-11(17)3-5-13/h2-8H,9H2,1H3,(H,21,22)/b20-8+. The van der Waals surface area contributed by atoms with Gasteiger partial charge in [0.15, 0.2) is 6.61 Å². The van der Waals surface area contributed by atoms with Crippen LogP contribution in [0.25, 0.3) is 0 Å². The number of nitrogens with one attached hydrogen (secondary N) is 1. The molecule has 0 aliphatic rings. The predicted octanol–water partition coefficient (Wildman–Crippen LogP) is 4.29. The van der Waals surface area contributed by atoms with Crippen molar-refractivity contribution in [2.24, 2.45) is 5.10 Å². The van der Waals surface area contributed by atoms with E-state index in [0.717, 1.165) is 4.47 Å². The Balaban J connectivity index is 1.91. The highest BCUT2D eigenvalue weighted by atomic mass is 79.9. The molecule has 1 N–H and O–H groups in total. The minimum atomic E-state index is -0.402.